The lowest BCUT2D eigenvalue weighted by molar-refractivity contribution is -0.123. The van der Waals surface area contributed by atoms with Crippen LogP contribution in [-0.2, 0) is 14.3 Å². The van der Waals surface area contributed by atoms with Crippen LogP contribution in [0.5, 0.6) is 5.75 Å². The summed E-state index contributed by atoms with van der Waals surface area (Å²) in [4.78, 5) is 58.8. The summed E-state index contributed by atoms with van der Waals surface area (Å²) in [5, 5.41) is 0.622. The van der Waals surface area contributed by atoms with Gasteiger partial charge >= 0.3 is 5.97 Å². The molecule has 216 valence electrons. The minimum atomic E-state index is -0.632. The molecule has 3 aliphatic rings. The van der Waals surface area contributed by atoms with Gasteiger partial charge in [0.05, 0.1) is 41.4 Å². The number of pyridine rings is 1. The van der Waals surface area contributed by atoms with E-state index in [4.69, 9.17) is 14.5 Å². The monoisotopic (exact) mass is 574 g/mol. The highest BCUT2D eigenvalue weighted by Crippen LogP contribution is 2.56. The normalized spacial score (nSPS) is 22.2. The number of ether oxygens (including phenoxy) is 2. The zero-order valence-electron chi connectivity index (χ0n) is 23.9. The summed E-state index contributed by atoms with van der Waals surface area (Å²) in [6, 6.07) is 21.0. The van der Waals surface area contributed by atoms with Crippen molar-refractivity contribution in [2.75, 3.05) is 18.6 Å². The average Bonchev–Trinajstić information content (AvgIpc) is 3.73. The van der Waals surface area contributed by atoms with Gasteiger partial charge in [0.2, 0.25) is 11.8 Å². The van der Waals surface area contributed by atoms with Gasteiger partial charge in [0.1, 0.15) is 5.75 Å². The van der Waals surface area contributed by atoms with Gasteiger partial charge in [0, 0.05) is 16.5 Å². The number of carbonyl (C=O) groups is 4. The molecule has 1 aliphatic heterocycles. The van der Waals surface area contributed by atoms with E-state index in [0.29, 0.717) is 51.0 Å². The van der Waals surface area contributed by atoms with Gasteiger partial charge in [-0.25, -0.2) is 9.78 Å². The summed E-state index contributed by atoms with van der Waals surface area (Å²) >= 11 is 0. The van der Waals surface area contributed by atoms with E-state index in [1.54, 1.807) is 55.6 Å². The first-order valence-electron chi connectivity index (χ1n) is 14.6. The lowest BCUT2D eigenvalue weighted by Crippen LogP contribution is -2.32. The highest BCUT2D eigenvalue weighted by atomic mass is 16.5. The van der Waals surface area contributed by atoms with Crippen LogP contribution in [0.1, 0.15) is 45.5 Å². The molecule has 4 unspecified atom stereocenters. The maximum absolute atomic E-state index is 13.3. The van der Waals surface area contributed by atoms with E-state index in [-0.39, 0.29) is 29.4 Å². The van der Waals surface area contributed by atoms with Crippen LogP contribution < -0.4 is 9.64 Å². The Hall–Kier alpha value is -4.85. The Balaban J connectivity index is 1.15. The second-order valence-corrected chi connectivity index (χ2v) is 11.7. The zero-order chi connectivity index (χ0) is 29.8. The Labute approximate surface area is 248 Å². The molecule has 7 rings (SSSR count). The molecule has 0 radical (unpaired) electrons. The maximum Gasteiger partial charge on any atom is 0.339 e. The number of hydrogen-bond donors (Lipinski definition) is 0. The zero-order valence-corrected chi connectivity index (χ0v) is 23.9. The first-order chi connectivity index (χ1) is 20.8. The van der Waals surface area contributed by atoms with E-state index >= 15 is 0 Å². The van der Waals surface area contributed by atoms with Gasteiger partial charge in [-0.05, 0) is 86.1 Å². The number of aromatic nitrogens is 1. The van der Waals surface area contributed by atoms with Gasteiger partial charge in [0.15, 0.2) is 12.4 Å². The quantitative estimate of drug-likeness (QED) is 0.156. The van der Waals surface area contributed by atoms with E-state index in [1.807, 2.05) is 31.2 Å². The Morgan fingerprint density at radius 1 is 0.907 bits per heavy atom. The summed E-state index contributed by atoms with van der Waals surface area (Å²) < 4.78 is 10.6. The number of anilines is 1. The van der Waals surface area contributed by atoms with E-state index in [2.05, 4.69) is 0 Å². The van der Waals surface area contributed by atoms with Crippen molar-refractivity contribution in [3.63, 3.8) is 0 Å². The highest BCUT2D eigenvalue weighted by Gasteiger charge is 2.61. The molecule has 4 atom stereocenters. The van der Waals surface area contributed by atoms with Gasteiger partial charge in [-0.15, -0.1) is 0 Å². The van der Waals surface area contributed by atoms with Gasteiger partial charge in [-0.1, -0.05) is 30.3 Å². The fourth-order valence-corrected chi connectivity index (χ4v) is 7.22. The van der Waals surface area contributed by atoms with E-state index in [9.17, 15) is 19.2 Å². The summed E-state index contributed by atoms with van der Waals surface area (Å²) in [5.41, 5.74) is 4.05. The number of rotatable bonds is 7. The van der Waals surface area contributed by atoms with E-state index < -0.39 is 12.6 Å². The maximum atomic E-state index is 13.3. The topological polar surface area (TPSA) is 103 Å². The Morgan fingerprint density at radius 3 is 2.23 bits per heavy atom. The third-order valence-electron chi connectivity index (χ3n) is 9.36. The minimum absolute atomic E-state index is 0.0800. The molecule has 0 N–H and O–H groups in total. The largest absolute Gasteiger partial charge is 0.497 e. The fourth-order valence-electron chi connectivity index (χ4n) is 7.22. The lowest BCUT2D eigenvalue weighted by Gasteiger charge is -2.19. The summed E-state index contributed by atoms with van der Waals surface area (Å²) in [6.45, 7) is 1.51. The molecule has 1 aromatic heterocycles. The van der Waals surface area contributed by atoms with Crippen molar-refractivity contribution in [1.29, 1.82) is 0 Å². The fraction of sp³-hybridized carbons (Fsp3) is 0.286. The Bertz CT molecular complexity index is 1770. The van der Waals surface area contributed by atoms with Crippen LogP contribution in [0.25, 0.3) is 22.2 Å². The molecule has 1 saturated heterocycles. The molecule has 43 heavy (non-hydrogen) atoms. The number of amides is 2. The molecule has 2 heterocycles. The van der Waals surface area contributed by atoms with E-state index in [1.165, 1.54) is 4.90 Å². The molecule has 2 bridgehead atoms. The number of Topliss-reactive ketones (excluding diaryl/α,β-unsaturated/α-hetero) is 1. The molecule has 8 nitrogen and oxygen atoms in total. The minimum Gasteiger partial charge on any atom is -0.497 e. The predicted molar refractivity (Wildman–Crippen MR) is 160 cm³/mol. The smallest absolute Gasteiger partial charge is 0.339 e. The number of carbonyl (C=O) groups excluding carboxylic acids is 4. The van der Waals surface area contributed by atoms with Crippen molar-refractivity contribution in [3.8, 4) is 17.0 Å². The molecule has 2 amide bonds. The van der Waals surface area contributed by atoms with Crippen LogP contribution in [0.3, 0.4) is 0 Å². The molecule has 2 saturated carbocycles. The Morgan fingerprint density at radius 2 is 1.58 bits per heavy atom. The second kappa shape index (κ2) is 10.5. The number of methoxy groups -OCH3 is 1. The number of ketones is 1. The van der Waals surface area contributed by atoms with Crippen LogP contribution in [0.15, 0.2) is 72.8 Å². The molecule has 0 spiro atoms. The first kappa shape index (κ1) is 27.0. The third kappa shape index (κ3) is 4.49. The van der Waals surface area contributed by atoms with Crippen LogP contribution in [0.2, 0.25) is 0 Å². The molecular formula is C35H30N2O6. The molecule has 4 aromatic rings. The Kier molecular flexibility index (Phi) is 6.57. The molecule has 3 aromatic carbocycles. The number of aryl methyl sites for hydroxylation is 1. The standard InChI is InChI=1S/C35H30N2O6/c1-19-4-3-5-26-27(35(41)43-18-29(38)21-10-14-25(42-2)15-11-21)17-28(36-32(19)26)20-8-12-24(13-9-20)37-33(39)30-22-6-7-23(16-22)31(30)34(37)40/h3-5,8-15,17,22-23,30-31H,6-7,16,18H2,1-2H3. The molecular weight excluding hydrogens is 544 g/mol. The van der Waals surface area contributed by atoms with Crippen molar-refractivity contribution >= 4 is 40.2 Å². The van der Waals surface area contributed by atoms with Gasteiger partial charge in [-0.2, -0.15) is 0 Å². The molecule has 8 heteroatoms. The van der Waals surface area contributed by atoms with Gasteiger partial charge in [-0.3, -0.25) is 19.3 Å². The number of hydrogen-bond acceptors (Lipinski definition) is 7. The van der Waals surface area contributed by atoms with Crippen LogP contribution in [0, 0.1) is 30.6 Å². The van der Waals surface area contributed by atoms with Crippen LogP contribution in [0.4, 0.5) is 5.69 Å². The number of fused-ring (bicyclic) bond motifs is 6. The van der Waals surface area contributed by atoms with E-state index in [0.717, 1.165) is 30.4 Å². The van der Waals surface area contributed by atoms with Crippen molar-refractivity contribution in [3.05, 3.63) is 89.5 Å². The SMILES string of the molecule is COc1ccc(C(=O)COC(=O)c2cc(-c3ccc(N4C(=O)C5C6CCC(C6)C5C4=O)cc3)nc3c(C)cccc23)cc1. The molecule has 3 fully saturated rings. The predicted octanol–water partition coefficient (Wildman–Crippen LogP) is 5.79. The summed E-state index contributed by atoms with van der Waals surface area (Å²) in [5.74, 6) is -0.205. The van der Waals surface area contributed by atoms with Crippen molar-refractivity contribution < 1.29 is 28.7 Å². The number of benzene rings is 3. The first-order valence-corrected chi connectivity index (χ1v) is 14.6. The molecule has 2 aliphatic carbocycles. The van der Waals surface area contributed by atoms with Crippen molar-refractivity contribution in [2.24, 2.45) is 23.7 Å². The van der Waals surface area contributed by atoms with Crippen molar-refractivity contribution in [2.45, 2.75) is 26.2 Å². The number of nitrogens with zero attached hydrogens (tertiary/aromatic N) is 2. The van der Waals surface area contributed by atoms with Crippen LogP contribution in [-0.4, -0.2) is 42.3 Å². The number of esters is 1. The van der Waals surface area contributed by atoms with Crippen molar-refractivity contribution in [1.82, 2.24) is 4.98 Å². The summed E-state index contributed by atoms with van der Waals surface area (Å²) in [6.07, 6.45) is 3.06. The number of para-hydroxylation sites is 1. The summed E-state index contributed by atoms with van der Waals surface area (Å²) in [7, 11) is 1.55. The van der Waals surface area contributed by atoms with Gasteiger partial charge in [0.25, 0.3) is 0 Å². The third-order valence-corrected chi connectivity index (χ3v) is 9.36. The van der Waals surface area contributed by atoms with Crippen LogP contribution >= 0.6 is 0 Å². The van der Waals surface area contributed by atoms with Gasteiger partial charge < -0.3 is 9.47 Å². The average molecular weight is 575 g/mol. The second-order valence-electron chi connectivity index (χ2n) is 11.7. The highest BCUT2D eigenvalue weighted by molar-refractivity contribution is 6.22. The number of imide groups is 1. The lowest BCUT2D eigenvalue weighted by atomic mass is 9.81.